The minimum absolute atomic E-state index is 0.256. The molecule has 1 heterocycles. The van der Waals surface area contributed by atoms with Crippen LogP contribution in [0.1, 0.15) is 24.2 Å². The molecule has 0 fully saturated rings. The highest BCUT2D eigenvalue weighted by atomic mass is 16.5. The maximum Gasteiger partial charge on any atom is 0.320 e. The maximum absolute atomic E-state index is 11.7. The quantitative estimate of drug-likeness (QED) is 0.887. The molecule has 2 N–H and O–H groups in total. The van der Waals surface area contributed by atoms with Crippen molar-refractivity contribution in [1.82, 2.24) is 10.5 Å². The van der Waals surface area contributed by atoms with Crippen LogP contribution in [0.4, 0.5) is 10.6 Å². The van der Waals surface area contributed by atoms with Crippen molar-refractivity contribution >= 4 is 11.8 Å². The van der Waals surface area contributed by atoms with E-state index in [9.17, 15) is 4.79 Å². The van der Waals surface area contributed by atoms with Gasteiger partial charge in [0.25, 0.3) is 0 Å². The van der Waals surface area contributed by atoms with Crippen LogP contribution in [0.2, 0.25) is 0 Å². The largest absolute Gasteiger partial charge is 0.360 e. The van der Waals surface area contributed by atoms with Crippen molar-refractivity contribution in [2.75, 3.05) is 11.9 Å². The van der Waals surface area contributed by atoms with Gasteiger partial charge in [0, 0.05) is 12.6 Å². The number of aryl methyl sites for hydroxylation is 1. The lowest BCUT2D eigenvalue weighted by Gasteiger charge is -2.12. The number of hydrogen-bond acceptors (Lipinski definition) is 3. The summed E-state index contributed by atoms with van der Waals surface area (Å²) in [4.78, 5) is 11.7. The number of carbonyl (C=O) groups is 1. The lowest BCUT2D eigenvalue weighted by atomic mass is 10.0. The molecule has 2 aromatic rings. The average molecular weight is 259 g/mol. The first-order valence-corrected chi connectivity index (χ1v) is 6.18. The first-order chi connectivity index (χ1) is 9.15. The van der Waals surface area contributed by atoms with E-state index in [2.05, 4.69) is 22.7 Å². The molecule has 0 aliphatic heterocycles. The van der Waals surface area contributed by atoms with E-state index in [1.54, 1.807) is 13.0 Å². The van der Waals surface area contributed by atoms with Crippen LogP contribution in [0.3, 0.4) is 0 Å². The van der Waals surface area contributed by atoms with Crippen molar-refractivity contribution in [3.05, 3.63) is 47.7 Å². The molecule has 0 spiro atoms. The SMILES string of the molecule is Cc1cc(NC(=O)NCC(C)c2ccccc2)no1. The van der Waals surface area contributed by atoms with E-state index in [0.29, 0.717) is 18.1 Å². The number of urea groups is 1. The van der Waals surface area contributed by atoms with Crippen LogP contribution < -0.4 is 10.6 Å². The molecule has 19 heavy (non-hydrogen) atoms. The van der Waals surface area contributed by atoms with E-state index in [4.69, 9.17) is 4.52 Å². The predicted molar refractivity (Wildman–Crippen MR) is 73.1 cm³/mol. The summed E-state index contributed by atoms with van der Waals surface area (Å²) in [6, 6.07) is 11.4. The Bertz CT molecular complexity index is 537. The van der Waals surface area contributed by atoms with Gasteiger partial charge >= 0.3 is 6.03 Å². The average Bonchev–Trinajstić information content (AvgIpc) is 2.82. The molecule has 5 nitrogen and oxygen atoms in total. The molecule has 0 saturated carbocycles. The molecule has 100 valence electrons. The van der Waals surface area contributed by atoms with E-state index in [0.717, 1.165) is 0 Å². The Morgan fingerprint density at radius 2 is 2.11 bits per heavy atom. The Morgan fingerprint density at radius 3 is 2.74 bits per heavy atom. The Morgan fingerprint density at radius 1 is 1.37 bits per heavy atom. The van der Waals surface area contributed by atoms with Crippen LogP contribution in [0.5, 0.6) is 0 Å². The van der Waals surface area contributed by atoms with Crippen LogP contribution in [0.15, 0.2) is 40.9 Å². The lowest BCUT2D eigenvalue weighted by Crippen LogP contribution is -2.31. The molecular weight excluding hydrogens is 242 g/mol. The molecule has 0 radical (unpaired) electrons. The zero-order valence-electron chi connectivity index (χ0n) is 11.0. The van der Waals surface area contributed by atoms with Crippen LogP contribution >= 0.6 is 0 Å². The summed E-state index contributed by atoms with van der Waals surface area (Å²) in [6.45, 7) is 4.40. The minimum Gasteiger partial charge on any atom is -0.360 e. The number of carbonyl (C=O) groups excluding carboxylic acids is 1. The summed E-state index contributed by atoms with van der Waals surface area (Å²) in [5.41, 5.74) is 1.19. The number of hydrogen-bond donors (Lipinski definition) is 2. The highest BCUT2D eigenvalue weighted by Gasteiger charge is 2.09. The Labute approximate surface area is 112 Å². The van der Waals surface area contributed by atoms with Crippen molar-refractivity contribution in [2.24, 2.45) is 0 Å². The van der Waals surface area contributed by atoms with Gasteiger partial charge in [-0.05, 0) is 18.4 Å². The van der Waals surface area contributed by atoms with Gasteiger partial charge in [-0.1, -0.05) is 42.4 Å². The summed E-state index contributed by atoms with van der Waals surface area (Å²) in [6.07, 6.45) is 0. The normalized spacial score (nSPS) is 11.9. The highest BCUT2D eigenvalue weighted by molar-refractivity contribution is 5.88. The summed E-state index contributed by atoms with van der Waals surface area (Å²) in [5, 5.41) is 9.12. The molecule has 5 heteroatoms. The number of nitrogens with zero attached hydrogens (tertiary/aromatic N) is 1. The fraction of sp³-hybridized carbons (Fsp3) is 0.286. The van der Waals surface area contributed by atoms with Crippen molar-refractivity contribution < 1.29 is 9.32 Å². The third-order valence-electron chi connectivity index (χ3n) is 2.81. The number of amides is 2. The molecule has 1 unspecified atom stereocenters. The van der Waals surface area contributed by atoms with Gasteiger partial charge in [-0.25, -0.2) is 4.79 Å². The molecule has 0 aliphatic carbocycles. The fourth-order valence-corrected chi connectivity index (χ4v) is 1.73. The molecule has 1 aromatic carbocycles. The standard InChI is InChI=1S/C14H17N3O2/c1-10(12-6-4-3-5-7-12)9-15-14(18)16-13-8-11(2)19-17-13/h3-8,10H,9H2,1-2H3,(H2,15,16,17,18). The second-order valence-corrected chi connectivity index (χ2v) is 4.47. The monoisotopic (exact) mass is 259 g/mol. The third kappa shape index (κ3) is 3.84. The predicted octanol–water partition coefficient (Wildman–Crippen LogP) is 2.91. The molecule has 2 amide bonds. The molecule has 0 saturated heterocycles. The summed E-state index contributed by atoms with van der Waals surface area (Å²) in [5.74, 6) is 1.33. The van der Waals surface area contributed by atoms with Gasteiger partial charge in [-0.2, -0.15) is 0 Å². The second-order valence-electron chi connectivity index (χ2n) is 4.47. The van der Waals surface area contributed by atoms with E-state index in [1.165, 1.54) is 5.56 Å². The zero-order valence-corrected chi connectivity index (χ0v) is 11.0. The van der Waals surface area contributed by atoms with Gasteiger partial charge in [0.1, 0.15) is 5.76 Å². The van der Waals surface area contributed by atoms with Gasteiger partial charge in [0.15, 0.2) is 5.82 Å². The molecule has 1 aromatic heterocycles. The van der Waals surface area contributed by atoms with Crippen LogP contribution in [0.25, 0.3) is 0 Å². The summed E-state index contributed by atoms with van der Waals surface area (Å²) >= 11 is 0. The van der Waals surface area contributed by atoms with Crippen molar-refractivity contribution in [1.29, 1.82) is 0 Å². The summed E-state index contributed by atoms with van der Waals surface area (Å²) in [7, 11) is 0. The van der Waals surface area contributed by atoms with E-state index < -0.39 is 0 Å². The topological polar surface area (TPSA) is 67.2 Å². The van der Waals surface area contributed by atoms with Crippen molar-refractivity contribution in [3.63, 3.8) is 0 Å². The molecule has 2 rings (SSSR count). The summed E-state index contributed by atoms with van der Waals surface area (Å²) < 4.78 is 4.87. The lowest BCUT2D eigenvalue weighted by molar-refractivity contribution is 0.251. The van der Waals surface area contributed by atoms with Crippen LogP contribution in [-0.2, 0) is 0 Å². The van der Waals surface area contributed by atoms with Gasteiger partial charge in [-0.15, -0.1) is 0 Å². The Balaban J connectivity index is 1.80. The minimum atomic E-state index is -0.281. The third-order valence-corrected chi connectivity index (χ3v) is 2.81. The highest BCUT2D eigenvalue weighted by Crippen LogP contribution is 2.13. The number of aromatic nitrogens is 1. The molecule has 0 bridgehead atoms. The van der Waals surface area contributed by atoms with Crippen LogP contribution in [-0.4, -0.2) is 17.7 Å². The fourth-order valence-electron chi connectivity index (χ4n) is 1.73. The maximum atomic E-state index is 11.7. The smallest absolute Gasteiger partial charge is 0.320 e. The Hall–Kier alpha value is -2.30. The van der Waals surface area contributed by atoms with Gasteiger partial charge in [0.2, 0.25) is 0 Å². The number of benzene rings is 1. The van der Waals surface area contributed by atoms with Crippen molar-refractivity contribution in [2.45, 2.75) is 19.8 Å². The van der Waals surface area contributed by atoms with Gasteiger partial charge < -0.3 is 9.84 Å². The first kappa shape index (κ1) is 13.1. The Kier molecular flexibility index (Phi) is 4.18. The van der Waals surface area contributed by atoms with E-state index >= 15 is 0 Å². The van der Waals surface area contributed by atoms with E-state index in [1.807, 2.05) is 30.3 Å². The number of nitrogens with one attached hydrogen (secondary N) is 2. The molecule has 0 aliphatic rings. The van der Waals surface area contributed by atoms with Gasteiger partial charge in [0.05, 0.1) is 0 Å². The number of rotatable bonds is 4. The van der Waals surface area contributed by atoms with Crippen LogP contribution in [0, 0.1) is 6.92 Å². The second kappa shape index (κ2) is 6.04. The number of anilines is 1. The van der Waals surface area contributed by atoms with E-state index in [-0.39, 0.29) is 11.9 Å². The first-order valence-electron chi connectivity index (χ1n) is 6.18. The molecular formula is C14H17N3O2. The van der Waals surface area contributed by atoms with Crippen molar-refractivity contribution in [3.8, 4) is 0 Å². The molecule has 1 atom stereocenters. The van der Waals surface area contributed by atoms with Gasteiger partial charge in [-0.3, -0.25) is 5.32 Å². The zero-order chi connectivity index (χ0) is 13.7.